The van der Waals surface area contributed by atoms with E-state index in [1.54, 1.807) is 36.4 Å². The normalized spacial score (nSPS) is 14.7. The predicted molar refractivity (Wildman–Crippen MR) is 165 cm³/mol. The van der Waals surface area contributed by atoms with Crippen LogP contribution in [-0.2, 0) is 38.8 Å². The average molecular weight is 671 g/mol. The fourth-order valence-corrected chi connectivity index (χ4v) is 6.56. The molecule has 44 heavy (non-hydrogen) atoms. The fraction of sp³-hybridized carbons (Fsp3) is 0.355. The second-order valence-electron chi connectivity index (χ2n) is 10.8. The lowest BCUT2D eigenvalue weighted by Gasteiger charge is -2.34. The van der Waals surface area contributed by atoms with Gasteiger partial charge in [-0.15, -0.1) is 0 Å². The lowest BCUT2D eigenvalue weighted by molar-refractivity contribution is -0.140. The Bertz CT molecular complexity index is 1580. The zero-order valence-electron chi connectivity index (χ0n) is 23.9. The Labute approximate surface area is 265 Å². The minimum Gasteiger partial charge on any atom is -0.352 e. The largest absolute Gasteiger partial charge is 0.416 e. The highest BCUT2D eigenvalue weighted by molar-refractivity contribution is 7.92. The van der Waals surface area contributed by atoms with E-state index in [0.717, 1.165) is 49.6 Å². The quantitative estimate of drug-likeness (QED) is 0.253. The van der Waals surface area contributed by atoms with E-state index in [-0.39, 0.29) is 24.0 Å². The van der Waals surface area contributed by atoms with Crippen molar-refractivity contribution in [1.29, 1.82) is 0 Å². The van der Waals surface area contributed by atoms with Gasteiger partial charge in [0.2, 0.25) is 21.8 Å². The molecular formula is C31H32Cl2F3N3O4S. The second-order valence-corrected chi connectivity index (χ2v) is 13.5. The lowest BCUT2D eigenvalue weighted by atomic mass is 10.0. The SMILES string of the molecule is CS(=O)(=O)N(CC(=O)N(Cc1cccc(Cl)c1)[C@@H](Cc1ccccc1)C(=O)NC1CCCC1)c1cc(C(F)(F)F)ccc1Cl. The van der Waals surface area contributed by atoms with Gasteiger partial charge in [0, 0.05) is 24.0 Å². The summed E-state index contributed by atoms with van der Waals surface area (Å²) in [5.74, 6) is -1.23. The summed E-state index contributed by atoms with van der Waals surface area (Å²) >= 11 is 12.4. The highest BCUT2D eigenvalue weighted by Gasteiger charge is 2.36. The molecule has 0 saturated heterocycles. The Morgan fingerprint density at radius 2 is 1.61 bits per heavy atom. The van der Waals surface area contributed by atoms with Gasteiger partial charge < -0.3 is 10.2 Å². The van der Waals surface area contributed by atoms with E-state index in [9.17, 15) is 31.2 Å². The molecule has 3 aromatic carbocycles. The molecule has 0 spiro atoms. The molecule has 0 bridgehead atoms. The van der Waals surface area contributed by atoms with Gasteiger partial charge in [-0.05, 0) is 54.3 Å². The Balaban J connectivity index is 1.77. The molecule has 1 saturated carbocycles. The first-order valence-corrected chi connectivity index (χ1v) is 16.6. The molecule has 0 unspecified atom stereocenters. The topological polar surface area (TPSA) is 86.8 Å². The van der Waals surface area contributed by atoms with Gasteiger partial charge >= 0.3 is 6.18 Å². The summed E-state index contributed by atoms with van der Waals surface area (Å²) < 4.78 is 67.1. The van der Waals surface area contributed by atoms with Crippen LogP contribution in [0.3, 0.4) is 0 Å². The summed E-state index contributed by atoms with van der Waals surface area (Å²) in [6, 6.07) is 16.8. The van der Waals surface area contributed by atoms with Crippen molar-refractivity contribution in [3.63, 3.8) is 0 Å². The van der Waals surface area contributed by atoms with E-state index in [2.05, 4.69) is 5.32 Å². The van der Waals surface area contributed by atoms with Gasteiger partial charge in [-0.3, -0.25) is 13.9 Å². The Morgan fingerprint density at radius 1 is 0.955 bits per heavy atom. The van der Waals surface area contributed by atoms with E-state index >= 15 is 0 Å². The van der Waals surface area contributed by atoms with Gasteiger partial charge in [0.05, 0.1) is 22.5 Å². The van der Waals surface area contributed by atoms with Crippen molar-refractivity contribution < 1.29 is 31.2 Å². The van der Waals surface area contributed by atoms with Crippen LogP contribution >= 0.6 is 23.2 Å². The maximum absolute atomic E-state index is 14.2. The third kappa shape index (κ3) is 8.89. The number of nitrogens with zero attached hydrogens (tertiary/aromatic N) is 2. The van der Waals surface area contributed by atoms with E-state index < -0.39 is 51.9 Å². The van der Waals surface area contributed by atoms with E-state index in [1.165, 1.54) is 4.90 Å². The highest BCUT2D eigenvalue weighted by atomic mass is 35.5. The van der Waals surface area contributed by atoms with Gasteiger partial charge in [0.25, 0.3) is 0 Å². The number of benzene rings is 3. The molecule has 1 atom stereocenters. The maximum Gasteiger partial charge on any atom is 0.416 e. The van der Waals surface area contributed by atoms with E-state index in [0.29, 0.717) is 21.0 Å². The molecule has 0 radical (unpaired) electrons. The number of halogens is 5. The molecule has 0 aromatic heterocycles. The van der Waals surface area contributed by atoms with Gasteiger partial charge in [-0.25, -0.2) is 8.42 Å². The molecule has 1 aliphatic carbocycles. The Kier molecular flexibility index (Phi) is 10.9. The third-order valence-electron chi connectivity index (χ3n) is 7.44. The summed E-state index contributed by atoms with van der Waals surface area (Å²) in [6.45, 7) is -1.02. The number of carbonyl (C=O) groups is 2. The third-order valence-corrected chi connectivity index (χ3v) is 9.12. The van der Waals surface area contributed by atoms with Gasteiger partial charge in [0.15, 0.2) is 0 Å². The molecule has 2 amide bonds. The van der Waals surface area contributed by atoms with Crippen molar-refractivity contribution in [2.75, 3.05) is 17.1 Å². The van der Waals surface area contributed by atoms with E-state index in [1.807, 2.05) is 18.2 Å². The Hall–Kier alpha value is -3.28. The number of nitrogens with one attached hydrogen (secondary N) is 1. The molecular weight excluding hydrogens is 638 g/mol. The summed E-state index contributed by atoms with van der Waals surface area (Å²) in [6.07, 6.45) is -0.406. The second kappa shape index (κ2) is 14.2. The van der Waals surface area contributed by atoms with E-state index in [4.69, 9.17) is 23.2 Å². The van der Waals surface area contributed by atoms with Gasteiger partial charge in [-0.2, -0.15) is 13.2 Å². The minimum atomic E-state index is -4.79. The highest BCUT2D eigenvalue weighted by Crippen LogP contribution is 2.36. The van der Waals surface area contributed by atoms with Crippen molar-refractivity contribution in [1.82, 2.24) is 10.2 Å². The van der Waals surface area contributed by atoms with Gasteiger partial charge in [-0.1, -0.05) is 78.5 Å². The first-order valence-electron chi connectivity index (χ1n) is 13.9. The monoisotopic (exact) mass is 669 g/mol. The predicted octanol–water partition coefficient (Wildman–Crippen LogP) is 6.48. The molecule has 236 valence electrons. The molecule has 13 heteroatoms. The van der Waals surface area contributed by atoms with Crippen LogP contribution in [0.25, 0.3) is 0 Å². The number of rotatable bonds is 11. The summed E-state index contributed by atoms with van der Waals surface area (Å²) in [5.41, 5.74) is -0.314. The Morgan fingerprint density at radius 3 is 2.23 bits per heavy atom. The summed E-state index contributed by atoms with van der Waals surface area (Å²) in [5, 5.41) is 3.14. The number of amides is 2. The zero-order valence-corrected chi connectivity index (χ0v) is 26.2. The zero-order chi connectivity index (χ0) is 32.1. The number of carbonyl (C=O) groups excluding carboxylic acids is 2. The number of alkyl halides is 3. The molecule has 4 rings (SSSR count). The number of hydrogen-bond donors (Lipinski definition) is 1. The molecule has 0 heterocycles. The maximum atomic E-state index is 14.2. The summed E-state index contributed by atoms with van der Waals surface area (Å²) in [4.78, 5) is 29.3. The van der Waals surface area contributed by atoms with Crippen LogP contribution in [0.5, 0.6) is 0 Å². The van der Waals surface area contributed by atoms with Crippen molar-refractivity contribution in [3.05, 3.63) is 99.5 Å². The first-order chi connectivity index (χ1) is 20.7. The minimum absolute atomic E-state index is 0.0691. The molecule has 0 aliphatic heterocycles. The van der Waals surface area contributed by atoms with Gasteiger partial charge in [0.1, 0.15) is 12.6 Å². The van der Waals surface area contributed by atoms with Crippen LogP contribution < -0.4 is 9.62 Å². The smallest absolute Gasteiger partial charge is 0.352 e. The van der Waals surface area contributed by atoms with Crippen molar-refractivity contribution in [2.45, 2.75) is 56.9 Å². The van der Waals surface area contributed by atoms with Crippen molar-refractivity contribution in [3.8, 4) is 0 Å². The van der Waals surface area contributed by atoms with Crippen LogP contribution in [0.1, 0.15) is 42.4 Å². The molecule has 1 aliphatic rings. The van der Waals surface area contributed by atoms with Crippen molar-refractivity contribution in [2.24, 2.45) is 0 Å². The van der Waals surface area contributed by atoms with Crippen LogP contribution in [-0.4, -0.2) is 50.0 Å². The molecule has 7 nitrogen and oxygen atoms in total. The molecule has 1 fully saturated rings. The summed E-state index contributed by atoms with van der Waals surface area (Å²) in [7, 11) is -4.32. The number of hydrogen-bond acceptors (Lipinski definition) is 4. The first kappa shape index (κ1) is 33.6. The fourth-order valence-electron chi connectivity index (χ4n) is 5.23. The lowest BCUT2D eigenvalue weighted by Crippen LogP contribution is -2.54. The average Bonchev–Trinajstić information content (AvgIpc) is 3.46. The molecule has 3 aromatic rings. The molecule has 1 N–H and O–H groups in total. The van der Waals surface area contributed by atoms with Crippen molar-refractivity contribution >= 4 is 50.7 Å². The standard InChI is InChI=1S/C31H32Cl2F3N3O4S/c1-44(42,43)39(27-18-23(31(34,35)36)14-15-26(27)33)20-29(40)38(19-22-10-7-11-24(32)16-22)28(17-21-8-3-2-4-9-21)30(41)37-25-12-5-6-13-25/h2-4,7-11,14-16,18,25,28H,5-6,12-13,17,19-20H2,1H3,(H,37,41)/t28-/m0/s1. The van der Waals surface area contributed by atoms with Crippen LogP contribution in [0.4, 0.5) is 18.9 Å². The number of anilines is 1. The van der Waals surface area contributed by atoms with Crippen LogP contribution in [0.2, 0.25) is 10.0 Å². The van der Waals surface area contributed by atoms with Crippen LogP contribution in [0.15, 0.2) is 72.8 Å². The number of sulfonamides is 1. The van der Waals surface area contributed by atoms with Crippen LogP contribution in [0, 0.1) is 0 Å².